The fourth-order valence-electron chi connectivity index (χ4n) is 1.50. The molecule has 0 saturated heterocycles. The maximum atomic E-state index is 5.38. The number of rotatable bonds is 3. The normalized spacial score (nSPS) is 12.9. The Morgan fingerprint density at radius 1 is 1.23 bits per heavy atom. The van der Waals surface area contributed by atoms with E-state index in [0.717, 1.165) is 6.42 Å². The Morgan fingerprint density at radius 2 is 1.92 bits per heavy atom. The van der Waals surface area contributed by atoms with Gasteiger partial charge in [0.25, 0.3) is 0 Å². The third-order valence-corrected chi connectivity index (χ3v) is 2.56. The van der Waals surface area contributed by atoms with Crippen LogP contribution in [0.1, 0.15) is 36.1 Å². The lowest BCUT2D eigenvalue weighted by molar-refractivity contribution is 0.1000. The molecule has 0 amide bonds. The van der Waals surface area contributed by atoms with E-state index in [2.05, 4.69) is 39.0 Å². The average molecular weight is 178 g/mol. The fourth-order valence-corrected chi connectivity index (χ4v) is 1.50. The summed E-state index contributed by atoms with van der Waals surface area (Å²) in [4.78, 5) is 0. The molecule has 1 heteroatoms. The molecule has 0 aromatic heterocycles. The maximum Gasteiger partial charge on any atom is 0.0818 e. The predicted octanol–water partition coefficient (Wildman–Crippen LogP) is 3.40. The highest BCUT2D eigenvalue weighted by Gasteiger charge is 2.07. The van der Waals surface area contributed by atoms with Gasteiger partial charge in [-0.3, -0.25) is 0 Å². The molecular weight excluding hydrogens is 160 g/mol. The molecule has 1 aromatic rings. The van der Waals surface area contributed by atoms with E-state index in [1.165, 1.54) is 16.7 Å². The van der Waals surface area contributed by atoms with Crippen LogP contribution in [0.4, 0.5) is 0 Å². The van der Waals surface area contributed by atoms with Gasteiger partial charge < -0.3 is 4.74 Å². The first-order chi connectivity index (χ1) is 6.19. The second-order valence-corrected chi connectivity index (χ2v) is 3.48. The quantitative estimate of drug-likeness (QED) is 0.689. The molecule has 1 nitrogen and oxygen atoms in total. The molecule has 1 rings (SSSR count). The van der Waals surface area contributed by atoms with Crippen LogP contribution >= 0.6 is 0 Å². The molecule has 0 spiro atoms. The van der Waals surface area contributed by atoms with Gasteiger partial charge in [-0.25, -0.2) is 0 Å². The van der Waals surface area contributed by atoms with Gasteiger partial charge in [0.1, 0.15) is 0 Å². The summed E-state index contributed by atoms with van der Waals surface area (Å²) in [6.45, 7) is 6.41. The van der Waals surface area contributed by atoms with Crippen LogP contribution < -0.4 is 0 Å². The monoisotopic (exact) mass is 178 g/mol. The summed E-state index contributed by atoms with van der Waals surface area (Å²) in [6, 6.07) is 6.53. The van der Waals surface area contributed by atoms with Gasteiger partial charge >= 0.3 is 0 Å². The molecule has 13 heavy (non-hydrogen) atoms. The second kappa shape index (κ2) is 4.43. The topological polar surface area (TPSA) is 9.23 Å². The van der Waals surface area contributed by atoms with Gasteiger partial charge in [0, 0.05) is 7.11 Å². The highest BCUT2D eigenvalue weighted by atomic mass is 16.5. The van der Waals surface area contributed by atoms with Gasteiger partial charge in [-0.1, -0.05) is 25.1 Å². The van der Waals surface area contributed by atoms with E-state index in [9.17, 15) is 0 Å². The van der Waals surface area contributed by atoms with E-state index in [-0.39, 0.29) is 6.10 Å². The van der Waals surface area contributed by atoms with Crippen molar-refractivity contribution in [1.29, 1.82) is 0 Å². The number of aryl methyl sites for hydroxylation is 2. The molecule has 0 radical (unpaired) electrons. The first-order valence-electron chi connectivity index (χ1n) is 4.79. The zero-order valence-corrected chi connectivity index (χ0v) is 8.92. The van der Waals surface area contributed by atoms with Crippen molar-refractivity contribution in [2.24, 2.45) is 0 Å². The third kappa shape index (κ3) is 2.31. The van der Waals surface area contributed by atoms with Crippen molar-refractivity contribution in [3.63, 3.8) is 0 Å². The molecular formula is C12H18O. The predicted molar refractivity (Wildman–Crippen MR) is 56.0 cm³/mol. The van der Waals surface area contributed by atoms with Crippen molar-refractivity contribution in [3.05, 3.63) is 34.9 Å². The summed E-state index contributed by atoms with van der Waals surface area (Å²) in [5, 5.41) is 0. The molecule has 1 aromatic carbocycles. The highest BCUT2D eigenvalue weighted by Crippen LogP contribution is 2.22. The average Bonchev–Trinajstić information content (AvgIpc) is 2.13. The largest absolute Gasteiger partial charge is 0.377 e. The highest BCUT2D eigenvalue weighted by molar-refractivity contribution is 5.31. The summed E-state index contributed by atoms with van der Waals surface area (Å²) in [6.07, 6.45) is 1.28. The Morgan fingerprint density at radius 3 is 2.38 bits per heavy atom. The first kappa shape index (κ1) is 10.3. The van der Waals surface area contributed by atoms with Crippen molar-refractivity contribution in [1.82, 2.24) is 0 Å². The SMILES string of the molecule is CCC(OC)c1ccc(C)c(C)c1. The Bertz CT molecular complexity index is 274. The Kier molecular flexibility index (Phi) is 3.49. The zero-order valence-electron chi connectivity index (χ0n) is 8.92. The van der Waals surface area contributed by atoms with Crippen molar-refractivity contribution < 1.29 is 4.74 Å². The van der Waals surface area contributed by atoms with Crippen LogP contribution in [-0.2, 0) is 4.74 Å². The molecule has 1 unspecified atom stereocenters. The van der Waals surface area contributed by atoms with E-state index in [1.807, 2.05) is 0 Å². The van der Waals surface area contributed by atoms with Crippen molar-refractivity contribution in [3.8, 4) is 0 Å². The van der Waals surface area contributed by atoms with Crippen LogP contribution in [-0.4, -0.2) is 7.11 Å². The van der Waals surface area contributed by atoms with Crippen molar-refractivity contribution >= 4 is 0 Å². The third-order valence-electron chi connectivity index (χ3n) is 2.56. The van der Waals surface area contributed by atoms with Crippen LogP contribution in [0.15, 0.2) is 18.2 Å². The van der Waals surface area contributed by atoms with Crippen LogP contribution in [0.3, 0.4) is 0 Å². The van der Waals surface area contributed by atoms with Crippen LogP contribution in [0.25, 0.3) is 0 Å². The summed E-state index contributed by atoms with van der Waals surface area (Å²) in [7, 11) is 1.77. The van der Waals surface area contributed by atoms with Gasteiger partial charge in [-0.05, 0) is 37.0 Å². The Labute approximate surface area is 80.7 Å². The maximum absolute atomic E-state index is 5.38. The van der Waals surface area contributed by atoms with Crippen LogP contribution in [0.2, 0.25) is 0 Å². The number of hydrogen-bond donors (Lipinski definition) is 0. The van der Waals surface area contributed by atoms with E-state index in [4.69, 9.17) is 4.74 Å². The van der Waals surface area contributed by atoms with Gasteiger partial charge in [0.05, 0.1) is 6.10 Å². The zero-order chi connectivity index (χ0) is 9.84. The van der Waals surface area contributed by atoms with Crippen LogP contribution in [0, 0.1) is 13.8 Å². The number of methoxy groups -OCH3 is 1. The minimum absolute atomic E-state index is 0.249. The molecule has 0 fully saturated rings. The van der Waals surface area contributed by atoms with Gasteiger partial charge in [-0.15, -0.1) is 0 Å². The Hall–Kier alpha value is -0.820. The number of hydrogen-bond acceptors (Lipinski definition) is 1. The van der Waals surface area contributed by atoms with Gasteiger partial charge in [0.15, 0.2) is 0 Å². The lowest BCUT2D eigenvalue weighted by Crippen LogP contribution is -2.00. The Balaban J connectivity index is 2.95. The molecule has 1 atom stereocenters. The van der Waals surface area contributed by atoms with E-state index < -0.39 is 0 Å². The van der Waals surface area contributed by atoms with E-state index >= 15 is 0 Å². The lowest BCUT2D eigenvalue weighted by Gasteiger charge is -2.14. The molecule has 0 N–H and O–H groups in total. The molecule has 0 heterocycles. The summed E-state index contributed by atoms with van der Waals surface area (Å²) in [5.41, 5.74) is 3.97. The summed E-state index contributed by atoms with van der Waals surface area (Å²) in [5.74, 6) is 0. The molecule has 72 valence electrons. The fraction of sp³-hybridized carbons (Fsp3) is 0.500. The minimum Gasteiger partial charge on any atom is -0.377 e. The minimum atomic E-state index is 0.249. The molecule has 0 saturated carbocycles. The van der Waals surface area contributed by atoms with Gasteiger partial charge in [0.2, 0.25) is 0 Å². The number of ether oxygens (including phenoxy) is 1. The summed E-state index contributed by atoms with van der Waals surface area (Å²) >= 11 is 0. The number of benzene rings is 1. The van der Waals surface area contributed by atoms with E-state index in [1.54, 1.807) is 7.11 Å². The molecule has 0 bridgehead atoms. The first-order valence-corrected chi connectivity index (χ1v) is 4.79. The van der Waals surface area contributed by atoms with Crippen molar-refractivity contribution in [2.75, 3.05) is 7.11 Å². The lowest BCUT2D eigenvalue weighted by atomic mass is 10.0. The summed E-state index contributed by atoms with van der Waals surface area (Å²) < 4.78 is 5.38. The van der Waals surface area contributed by atoms with Crippen LogP contribution in [0.5, 0.6) is 0 Å². The molecule has 0 aliphatic heterocycles. The smallest absolute Gasteiger partial charge is 0.0818 e. The second-order valence-electron chi connectivity index (χ2n) is 3.48. The van der Waals surface area contributed by atoms with E-state index in [0.29, 0.717) is 0 Å². The molecule has 0 aliphatic rings. The van der Waals surface area contributed by atoms with Crippen molar-refractivity contribution in [2.45, 2.75) is 33.3 Å². The van der Waals surface area contributed by atoms with Gasteiger partial charge in [-0.2, -0.15) is 0 Å². The molecule has 0 aliphatic carbocycles. The standard InChI is InChI=1S/C12H18O/c1-5-12(13-4)11-7-6-9(2)10(3)8-11/h6-8,12H,5H2,1-4H3.